The lowest BCUT2D eigenvalue weighted by Crippen LogP contribution is -2.53. The summed E-state index contributed by atoms with van der Waals surface area (Å²) in [6.45, 7) is 5.30. The van der Waals surface area contributed by atoms with Gasteiger partial charge in [-0.25, -0.2) is 9.78 Å². The van der Waals surface area contributed by atoms with E-state index in [1.807, 2.05) is 24.0 Å². The number of rotatable bonds is 10. The Hall–Kier alpha value is -4.06. The highest BCUT2D eigenvalue weighted by Crippen LogP contribution is 2.58. The number of aryl methyl sites for hydroxylation is 1. The van der Waals surface area contributed by atoms with Crippen molar-refractivity contribution in [1.82, 2.24) is 30.1 Å². The van der Waals surface area contributed by atoms with Gasteiger partial charge >= 0.3 is 6.09 Å². The molecule has 3 aromatic rings. The van der Waals surface area contributed by atoms with Crippen molar-refractivity contribution >= 4 is 17.8 Å². The number of methoxy groups -OCH3 is 1. The molecule has 1 saturated heterocycles. The molecule has 5 aliphatic rings. The molecule has 5 fully saturated rings. The zero-order valence-electron chi connectivity index (χ0n) is 29.0. The molecule has 12 nitrogen and oxygen atoms in total. The Morgan fingerprint density at radius 1 is 1.04 bits per heavy atom. The van der Waals surface area contributed by atoms with Crippen molar-refractivity contribution in [2.45, 2.75) is 102 Å². The van der Waals surface area contributed by atoms with Crippen LogP contribution in [-0.2, 0) is 14.9 Å². The fourth-order valence-corrected chi connectivity index (χ4v) is 8.51. The molecule has 49 heavy (non-hydrogen) atoms. The molecule has 1 atom stereocenters. The molecule has 0 spiro atoms. The molecule has 1 aromatic carbocycles. The van der Waals surface area contributed by atoms with E-state index in [2.05, 4.69) is 40.5 Å². The first kappa shape index (κ1) is 33.4. The topological polar surface area (TPSA) is 136 Å². The zero-order valence-corrected chi connectivity index (χ0v) is 29.0. The van der Waals surface area contributed by atoms with Crippen LogP contribution in [0, 0.1) is 18.3 Å². The van der Waals surface area contributed by atoms with Gasteiger partial charge in [0.1, 0.15) is 24.2 Å². The average molecular weight is 672 g/mol. The Morgan fingerprint density at radius 3 is 2.45 bits per heavy atom. The van der Waals surface area contributed by atoms with E-state index in [4.69, 9.17) is 14.5 Å². The molecule has 2 amide bonds. The van der Waals surface area contributed by atoms with E-state index < -0.39 is 12.2 Å². The second-order valence-electron chi connectivity index (χ2n) is 15.0. The van der Waals surface area contributed by atoms with Gasteiger partial charge in [0.2, 0.25) is 11.7 Å². The van der Waals surface area contributed by atoms with E-state index in [0.29, 0.717) is 18.2 Å². The van der Waals surface area contributed by atoms with E-state index in [-0.39, 0.29) is 48.4 Å². The Balaban J connectivity index is 1.08. The van der Waals surface area contributed by atoms with Crippen molar-refractivity contribution in [3.05, 3.63) is 47.7 Å². The average Bonchev–Trinajstić information content (AvgIpc) is 3.63. The summed E-state index contributed by atoms with van der Waals surface area (Å²) >= 11 is 0. The van der Waals surface area contributed by atoms with Gasteiger partial charge in [0.25, 0.3) is 0 Å². The number of amides is 2. The third-order valence-corrected chi connectivity index (χ3v) is 11.8. The number of pyridine rings is 1. The summed E-state index contributed by atoms with van der Waals surface area (Å²) in [5, 5.41) is 22.6. The van der Waals surface area contributed by atoms with Crippen LogP contribution in [0.25, 0.3) is 11.4 Å². The number of benzene rings is 1. The fourth-order valence-electron chi connectivity index (χ4n) is 8.51. The van der Waals surface area contributed by atoms with E-state index in [1.54, 1.807) is 13.3 Å². The van der Waals surface area contributed by atoms with Gasteiger partial charge in [0, 0.05) is 24.2 Å². The van der Waals surface area contributed by atoms with Crippen molar-refractivity contribution in [2.24, 2.45) is 11.3 Å². The van der Waals surface area contributed by atoms with Crippen LogP contribution in [0.4, 0.5) is 10.6 Å². The van der Waals surface area contributed by atoms with Gasteiger partial charge in [-0.05, 0) is 111 Å². The number of carbonyl (C=O) groups excluding carboxylic acids is 2. The molecule has 12 heteroatoms. The molecule has 1 aliphatic heterocycles. The largest absolute Gasteiger partial charge is 0.496 e. The summed E-state index contributed by atoms with van der Waals surface area (Å²) in [6.07, 6.45) is 12.6. The summed E-state index contributed by atoms with van der Waals surface area (Å²) in [4.78, 5) is 36.2. The van der Waals surface area contributed by atoms with Crippen molar-refractivity contribution in [2.75, 3.05) is 38.3 Å². The molecule has 4 saturated carbocycles. The Bertz CT molecular complexity index is 1640. The van der Waals surface area contributed by atoms with E-state index in [0.717, 1.165) is 75.5 Å². The Morgan fingerprint density at radius 2 is 1.78 bits per heavy atom. The minimum atomic E-state index is -0.484. The Labute approximate surface area is 288 Å². The summed E-state index contributed by atoms with van der Waals surface area (Å²) in [7, 11) is 1.73. The fraction of sp³-hybridized carbons (Fsp3) is 0.622. The molecule has 4 aliphatic carbocycles. The molecule has 1 unspecified atom stereocenters. The van der Waals surface area contributed by atoms with Gasteiger partial charge in [0.15, 0.2) is 0 Å². The van der Waals surface area contributed by atoms with Crippen LogP contribution in [0.1, 0.15) is 94.7 Å². The molecule has 2 bridgehead atoms. The number of aliphatic hydroxyl groups excluding tert-OH is 1. The summed E-state index contributed by atoms with van der Waals surface area (Å²) in [5.41, 5.74) is 3.60. The standard InChI is InChI=1S/C37H49N7O5/c1-25-19-29(9-10-31(25)48-3)37-15-12-36(13-16-37,14-17-37)24-43(34(46)27-7-5-4-6-8-27)32-20-28(11-18-38-32)33-39-41-44(40-33)26(2)23-49-35(47)42-21-30(45)22-42/h9-11,18-20,26-27,30,45H,4-8,12-17,21-24H2,1-3H3. The van der Waals surface area contributed by atoms with E-state index >= 15 is 0 Å². The Kier molecular flexibility index (Phi) is 9.34. The zero-order chi connectivity index (χ0) is 34.2. The number of β-amino-alcohol motifs (C(OH)–C–C–N with tert-alkyl or cyclic N) is 1. The minimum absolute atomic E-state index is 0.0197. The predicted octanol–water partition coefficient (Wildman–Crippen LogP) is 5.63. The number of hydrogen-bond acceptors (Lipinski definition) is 9. The molecule has 3 heterocycles. The number of aromatic nitrogens is 5. The molecule has 2 aromatic heterocycles. The van der Waals surface area contributed by atoms with E-state index in [1.165, 1.54) is 27.2 Å². The molecule has 8 rings (SSSR count). The summed E-state index contributed by atoms with van der Waals surface area (Å²) in [6, 6.07) is 10.1. The van der Waals surface area contributed by atoms with Crippen LogP contribution < -0.4 is 9.64 Å². The molecule has 0 radical (unpaired) electrons. The number of carbonyl (C=O) groups is 2. The number of likely N-dealkylation sites (tertiary alicyclic amines) is 1. The van der Waals surface area contributed by atoms with Gasteiger partial charge < -0.3 is 19.5 Å². The van der Waals surface area contributed by atoms with Crippen molar-refractivity contribution < 1.29 is 24.2 Å². The van der Waals surface area contributed by atoms with Crippen LogP contribution >= 0.6 is 0 Å². The van der Waals surface area contributed by atoms with Crippen LogP contribution in [-0.4, -0.2) is 86.7 Å². The normalized spacial score (nSPS) is 24.7. The number of hydrogen-bond donors (Lipinski definition) is 1. The van der Waals surface area contributed by atoms with Crippen LogP contribution in [0.15, 0.2) is 36.5 Å². The third-order valence-electron chi connectivity index (χ3n) is 11.8. The lowest BCUT2D eigenvalue weighted by atomic mass is 9.51. The number of aliphatic hydroxyl groups is 1. The number of tetrazole rings is 1. The van der Waals surface area contributed by atoms with Crippen LogP contribution in [0.2, 0.25) is 0 Å². The first-order chi connectivity index (χ1) is 23.7. The van der Waals surface area contributed by atoms with Gasteiger partial charge in [0.05, 0.1) is 26.3 Å². The van der Waals surface area contributed by atoms with Gasteiger partial charge in [-0.3, -0.25) is 9.69 Å². The molecule has 262 valence electrons. The number of nitrogens with zero attached hydrogens (tertiary/aromatic N) is 7. The SMILES string of the molecule is COc1ccc(C23CCC(CN(C(=O)C4CCCCC4)c4cc(-c5nnn(C(C)COC(=O)N6CC(O)C6)n5)ccn4)(CC2)CC3)cc1C. The van der Waals surface area contributed by atoms with Crippen molar-refractivity contribution in [1.29, 1.82) is 0 Å². The van der Waals surface area contributed by atoms with Gasteiger partial charge in [-0.2, -0.15) is 4.80 Å². The molecule has 1 N–H and O–H groups in total. The highest BCUT2D eigenvalue weighted by atomic mass is 16.6. The third kappa shape index (κ3) is 6.76. The highest BCUT2D eigenvalue weighted by Gasteiger charge is 2.50. The van der Waals surface area contributed by atoms with Gasteiger partial charge in [-0.1, -0.05) is 31.4 Å². The monoisotopic (exact) mass is 671 g/mol. The van der Waals surface area contributed by atoms with Crippen molar-refractivity contribution in [3.63, 3.8) is 0 Å². The van der Waals surface area contributed by atoms with E-state index in [9.17, 15) is 14.7 Å². The van der Waals surface area contributed by atoms with Crippen molar-refractivity contribution in [3.8, 4) is 17.1 Å². The number of fused-ring (bicyclic) bond motifs is 3. The summed E-state index contributed by atoms with van der Waals surface area (Å²) < 4.78 is 10.9. The second kappa shape index (κ2) is 13.7. The van der Waals surface area contributed by atoms with Gasteiger partial charge in [-0.15, -0.1) is 10.2 Å². The number of ether oxygens (including phenoxy) is 2. The minimum Gasteiger partial charge on any atom is -0.496 e. The lowest BCUT2D eigenvalue weighted by molar-refractivity contribution is -0.124. The number of anilines is 1. The molecular formula is C37H49N7O5. The second-order valence-corrected chi connectivity index (χ2v) is 15.0. The smallest absolute Gasteiger partial charge is 0.410 e. The van der Waals surface area contributed by atoms with Crippen LogP contribution in [0.3, 0.4) is 0 Å². The maximum atomic E-state index is 14.4. The molecular weight excluding hydrogens is 622 g/mol. The maximum Gasteiger partial charge on any atom is 0.410 e. The quantitative estimate of drug-likeness (QED) is 0.291. The van der Waals surface area contributed by atoms with Crippen LogP contribution in [0.5, 0.6) is 5.75 Å². The lowest BCUT2D eigenvalue weighted by Gasteiger charge is -2.55. The summed E-state index contributed by atoms with van der Waals surface area (Å²) in [5.74, 6) is 2.21. The first-order valence-corrected chi connectivity index (χ1v) is 18.0. The first-order valence-electron chi connectivity index (χ1n) is 18.0. The predicted molar refractivity (Wildman–Crippen MR) is 183 cm³/mol. The highest BCUT2D eigenvalue weighted by molar-refractivity contribution is 5.94. The maximum absolute atomic E-state index is 14.4.